The monoisotopic (exact) mass is 347 g/mol. The topological polar surface area (TPSA) is 50.8 Å². The van der Waals surface area contributed by atoms with Crippen LogP contribution in [0.4, 0.5) is 0 Å². The molecule has 2 aromatic heterocycles. The Bertz CT molecular complexity index is 1010. The number of aromatic nitrogens is 3. The molecular weight excluding hydrogens is 330 g/mol. The highest BCUT2D eigenvalue weighted by Crippen LogP contribution is 2.37. The maximum absolute atomic E-state index is 5.34. The third kappa shape index (κ3) is 3.10. The van der Waals surface area contributed by atoms with Crippen molar-refractivity contribution in [2.24, 2.45) is 0 Å². The van der Waals surface area contributed by atoms with Crippen LogP contribution in [-0.2, 0) is 0 Å². The summed E-state index contributed by atoms with van der Waals surface area (Å²) in [5, 5.41) is 0.875. The molecule has 0 saturated heterocycles. The van der Waals surface area contributed by atoms with Crippen molar-refractivity contribution in [1.82, 2.24) is 15.0 Å². The summed E-state index contributed by atoms with van der Waals surface area (Å²) < 4.78 is 5.34. The number of rotatable bonds is 4. The predicted octanol–water partition coefficient (Wildman–Crippen LogP) is 5.09. The molecule has 124 valence electrons. The molecule has 4 aromatic rings. The van der Waals surface area contributed by atoms with Crippen LogP contribution in [0, 0.1) is 6.92 Å². The van der Waals surface area contributed by atoms with E-state index >= 15 is 0 Å². The van der Waals surface area contributed by atoms with Crippen molar-refractivity contribution in [3.05, 3.63) is 66.4 Å². The molecule has 0 aliphatic rings. The number of hydrogen-bond donors (Lipinski definition) is 1. The predicted molar refractivity (Wildman–Crippen MR) is 101 cm³/mol. The van der Waals surface area contributed by atoms with E-state index in [2.05, 4.69) is 40.1 Å². The lowest BCUT2D eigenvalue weighted by Crippen LogP contribution is -1.91. The number of para-hydroxylation sites is 2. The van der Waals surface area contributed by atoms with Crippen molar-refractivity contribution < 1.29 is 4.74 Å². The molecule has 0 saturated carbocycles. The van der Waals surface area contributed by atoms with Gasteiger partial charge < -0.3 is 9.72 Å². The first-order chi connectivity index (χ1) is 12.2. The highest BCUT2D eigenvalue weighted by atomic mass is 32.2. The molecule has 0 aliphatic carbocycles. The van der Waals surface area contributed by atoms with Crippen molar-refractivity contribution in [3.8, 4) is 17.0 Å². The Kier molecular flexibility index (Phi) is 4.15. The zero-order valence-electron chi connectivity index (χ0n) is 14.0. The number of ether oxygens (including phenoxy) is 1. The maximum Gasteiger partial charge on any atom is 0.171 e. The number of imidazole rings is 1. The second kappa shape index (κ2) is 6.61. The van der Waals surface area contributed by atoms with Crippen molar-refractivity contribution in [2.45, 2.75) is 17.0 Å². The molecule has 0 fully saturated rings. The summed E-state index contributed by atoms with van der Waals surface area (Å²) >= 11 is 1.63. The average Bonchev–Trinajstić information content (AvgIpc) is 3.06. The van der Waals surface area contributed by atoms with Crippen LogP contribution in [0.15, 0.2) is 70.8 Å². The summed E-state index contributed by atoms with van der Waals surface area (Å²) in [6.07, 6.45) is 1.77. The van der Waals surface area contributed by atoms with E-state index in [0.717, 1.165) is 38.1 Å². The van der Waals surface area contributed by atoms with Gasteiger partial charge >= 0.3 is 0 Å². The van der Waals surface area contributed by atoms with Crippen LogP contribution in [0.1, 0.15) is 5.56 Å². The number of aromatic amines is 1. The number of fused-ring (bicyclic) bond motifs is 1. The molecule has 4 nitrogen and oxygen atoms in total. The zero-order chi connectivity index (χ0) is 17.2. The smallest absolute Gasteiger partial charge is 0.171 e. The molecule has 0 radical (unpaired) electrons. The molecule has 0 spiro atoms. The molecule has 2 aromatic carbocycles. The average molecular weight is 347 g/mol. The summed E-state index contributed by atoms with van der Waals surface area (Å²) in [6.45, 7) is 2.11. The lowest BCUT2D eigenvalue weighted by Gasteiger charge is -2.11. The molecule has 4 rings (SSSR count). The molecule has 0 amide bonds. The van der Waals surface area contributed by atoms with Gasteiger partial charge in [-0.2, -0.15) is 0 Å². The third-order valence-electron chi connectivity index (χ3n) is 4.02. The van der Waals surface area contributed by atoms with Gasteiger partial charge in [-0.1, -0.05) is 42.1 Å². The summed E-state index contributed by atoms with van der Waals surface area (Å²) in [4.78, 5) is 13.7. The van der Waals surface area contributed by atoms with Gasteiger partial charge in [-0.05, 0) is 30.7 Å². The first kappa shape index (κ1) is 15.7. The number of hydrogen-bond acceptors (Lipinski definition) is 4. The lowest BCUT2D eigenvalue weighted by molar-refractivity contribution is 0.414. The summed E-state index contributed by atoms with van der Waals surface area (Å²) in [5.41, 5.74) is 5.16. The minimum atomic E-state index is 0.797. The Labute approximate surface area is 150 Å². The Hall–Kier alpha value is -2.79. The van der Waals surface area contributed by atoms with E-state index in [1.807, 2.05) is 36.4 Å². The van der Waals surface area contributed by atoms with Gasteiger partial charge in [-0.25, -0.2) is 4.98 Å². The van der Waals surface area contributed by atoms with Gasteiger partial charge in [0.15, 0.2) is 5.16 Å². The van der Waals surface area contributed by atoms with E-state index in [9.17, 15) is 0 Å². The van der Waals surface area contributed by atoms with Crippen molar-refractivity contribution >= 4 is 22.8 Å². The Morgan fingerprint density at radius 1 is 1.04 bits per heavy atom. The second-order valence-corrected chi connectivity index (χ2v) is 6.69. The Balaban J connectivity index is 1.78. The minimum Gasteiger partial charge on any atom is -0.497 e. The first-order valence-corrected chi connectivity index (χ1v) is 8.79. The SMILES string of the molecule is COc1ccnc(-c2cccc(C)c2Sc2nc3ccccc3[nH]2)c1. The first-order valence-electron chi connectivity index (χ1n) is 7.97. The van der Waals surface area contributed by atoms with E-state index in [0.29, 0.717) is 0 Å². The van der Waals surface area contributed by atoms with Crippen LogP contribution in [0.25, 0.3) is 22.3 Å². The number of aryl methyl sites for hydroxylation is 1. The van der Waals surface area contributed by atoms with Crippen LogP contribution >= 0.6 is 11.8 Å². The van der Waals surface area contributed by atoms with E-state index < -0.39 is 0 Å². The van der Waals surface area contributed by atoms with Gasteiger partial charge in [0.25, 0.3) is 0 Å². The normalized spacial score (nSPS) is 11.0. The highest BCUT2D eigenvalue weighted by molar-refractivity contribution is 7.99. The fraction of sp³-hybridized carbons (Fsp3) is 0.100. The molecule has 0 unspecified atom stereocenters. The molecule has 1 N–H and O–H groups in total. The number of nitrogens with zero attached hydrogens (tertiary/aromatic N) is 2. The number of H-pyrrole nitrogens is 1. The third-order valence-corrected chi connectivity index (χ3v) is 5.15. The summed E-state index contributed by atoms with van der Waals surface area (Å²) in [7, 11) is 1.67. The summed E-state index contributed by atoms with van der Waals surface area (Å²) in [5.74, 6) is 0.797. The number of pyridine rings is 1. The van der Waals surface area contributed by atoms with Gasteiger partial charge in [-0.15, -0.1) is 0 Å². The van der Waals surface area contributed by atoms with E-state index in [1.54, 1.807) is 25.1 Å². The zero-order valence-corrected chi connectivity index (χ0v) is 14.8. The number of methoxy groups -OCH3 is 1. The van der Waals surface area contributed by atoms with Crippen LogP contribution in [0.2, 0.25) is 0 Å². The molecular formula is C20H17N3OS. The van der Waals surface area contributed by atoms with Crippen LogP contribution in [0.5, 0.6) is 5.75 Å². The second-order valence-electron chi connectivity index (χ2n) is 5.69. The van der Waals surface area contributed by atoms with Gasteiger partial charge in [0.1, 0.15) is 5.75 Å². The van der Waals surface area contributed by atoms with E-state index in [4.69, 9.17) is 4.74 Å². The molecule has 25 heavy (non-hydrogen) atoms. The van der Waals surface area contributed by atoms with Crippen molar-refractivity contribution in [2.75, 3.05) is 7.11 Å². The fourth-order valence-corrected chi connectivity index (χ4v) is 3.76. The van der Waals surface area contributed by atoms with Crippen LogP contribution in [0.3, 0.4) is 0 Å². The number of nitrogens with one attached hydrogen (secondary N) is 1. The molecule has 0 atom stereocenters. The van der Waals surface area contributed by atoms with Crippen LogP contribution < -0.4 is 4.74 Å². The van der Waals surface area contributed by atoms with Gasteiger partial charge in [0.05, 0.1) is 23.8 Å². The maximum atomic E-state index is 5.34. The van der Waals surface area contributed by atoms with Crippen molar-refractivity contribution in [3.63, 3.8) is 0 Å². The summed E-state index contributed by atoms with van der Waals surface area (Å²) in [6, 6.07) is 18.1. The van der Waals surface area contributed by atoms with Gasteiger partial charge in [-0.3, -0.25) is 4.98 Å². The molecule has 5 heteroatoms. The van der Waals surface area contributed by atoms with Gasteiger partial charge in [0.2, 0.25) is 0 Å². The van der Waals surface area contributed by atoms with Crippen LogP contribution in [-0.4, -0.2) is 22.1 Å². The lowest BCUT2D eigenvalue weighted by atomic mass is 10.1. The van der Waals surface area contributed by atoms with Gasteiger partial charge in [0, 0.05) is 22.7 Å². The largest absolute Gasteiger partial charge is 0.497 e. The Morgan fingerprint density at radius 3 is 2.76 bits per heavy atom. The molecule has 0 aliphatic heterocycles. The number of benzene rings is 2. The van der Waals surface area contributed by atoms with E-state index in [1.165, 1.54) is 5.56 Å². The highest BCUT2D eigenvalue weighted by Gasteiger charge is 2.13. The van der Waals surface area contributed by atoms with Crippen molar-refractivity contribution in [1.29, 1.82) is 0 Å². The fourth-order valence-electron chi connectivity index (χ4n) is 2.75. The molecule has 2 heterocycles. The standard InChI is InChI=1S/C20H17N3OS/c1-13-6-5-7-15(18-12-14(24-2)10-11-21-18)19(13)25-20-22-16-8-3-4-9-17(16)23-20/h3-12H,1-2H3,(H,22,23). The molecule has 0 bridgehead atoms. The Morgan fingerprint density at radius 2 is 1.92 bits per heavy atom. The quantitative estimate of drug-likeness (QED) is 0.558. The van der Waals surface area contributed by atoms with E-state index in [-0.39, 0.29) is 0 Å². The minimum absolute atomic E-state index is 0.797.